The Morgan fingerprint density at radius 1 is 1.38 bits per heavy atom. The first-order valence-electron chi connectivity index (χ1n) is 5.42. The van der Waals surface area contributed by atoms with Gasteiger partial charge in [0.05, 0.1) is 0 Å². The van der Waals surface area contributed by atoms with E-state index in [-0.39, 0.29) is 0 Å². The van der Waals surface area contributed by atoms with Gasteiger partial charge in [0.25, 0.3) is 0 Å². The second kappa shape index (κ2) is 5.26. The Morgan fingerprint density at radius 2 is 2.15 bits per heavy atom. The minimum absolute atomic E-state index is 0.447. The molecule has 1 aliphatic rings. The highest BCUT2D eigenvalue weighted by molar-refractivity contribution is 8.00. The van der Waals surface area contributed by atoms with Crippen LogP contribution in [0.5, 0.6) is 0 Å². The van der Waals surface area contributed by atoms with Crippen molar-refractivity contribution in [2.75, 3.05) is 18.8 Å². The van der Waals surface area contributed by atoms with Gasteiger partial charge in [-0.2, -0.15) is 11.8 Å². The average Bonchev–Trinajstić information content (AvgIpc) is 2.04. The molecule has 1 fully saturated rings. The van der Waals surface area contributed by atoms with Gasteiger partial charge in [0.1, 0.15) is 0 Å². The third kappa shape index (κ3) is 5.58. The van der Waals surface area contributed by atoms with Crippen LogP contribution in [-0.4, -0.2) is 23.6 Å². The molecular weight excluding hydrogens is 178 g/mol. The standard InChI is InChI=1S/C11H23NS/c1-11(2,3)13-8-6-10-5-4-7-12-9-10/h10,12H,4-9H2,1-3H3. The van der Waals surface area contributed by atoms with Gasteiger partial charge in [-0.1, -0.05) is 20.8 Å². The summed E-state index contributed by atoms with van der Waals surface area (Å²) in [4.78, 5) is 0. The molecule has 0 aromatic heterocycles. The Kier molecular flexibility index (Phi) is 4.60. The molecule has 13 heavy (non-hydrogen) atoms. The van der Waals surface area contributed by atoms with E-state index in [9.17, 15) is 0 Å². The molecular formula is C11H23NS. The normalized spacial score (nSPS) is 24.7. The SMILES string of the molecule is CC(C)(C)SCCC1CCCNC1. The Hall–Kier alpha value is 0.310. The fraction of sp³-hybridized carbons (Fsp3) is 1.00. The zero-order valence-corrected chi connectivity index (χ0v) is 10.0. The van der Waals surface area contributed by atoms with Crippen LogP contribution in [0.2, 0.25) is 0 Å². The van der Waals surface area contributed by atoms with Crippen molar-refractivity contribution in [1.82, 2.24) is 5.32 Å². The third-order valence-corrected chi connectivity index (χ3v) is 3.77. The molecule has 0 spiro atoms. The van der Waals surface area contributed by atoms with E-state index in [0.717, 1.165) is 5.92 Å². The molecule has 0 amide bonds. The highest BCUT2D eigenvalue weighted by Gasteiger charge is 2.15. The monoisotopic (exact) mass is 201 g/mol. The molecule has 1 aliphatic heterocycles. The quantitative estimate of drug-likeness (QED) is 0.753. The van der Waals surface area contributed by atoms with E-state index >= 15 is 0 Å². The molecule has 0 saturated carbocycles. The first-order valence-corrected chi connectivity index (χ1v) is 6.41. The average molecular weight is 201 g/mol. The number of thioether (sulfide) groups is 1. The number of nitrogens with one attached hydrogen (secondary N) is 1. The lowest BCUT2D eigenvalue weighted by Gasteiger charge is -2.24. The minimum Gasteiger partial charge on any atom is -0.316 e. The molecule has 1 unspecified atom stereocenters. The fourth-order valence-corrected chi connectivity index (χ4v) is 2.77. The smallest absolute Gasteiger partial charge is 0.00750 e. The second-order valence-electron chi connectivity index (χ2n) is 4.96. The number of hydrogen-bond donors (Lipinski definition) is 1. The number of rotatable bonds is 3. The molecule has 0 aromatic rings. The van der Waals surface area contributed by atoms with Gasteiger partial charge in [0.2, 0.25) is 0 Å². The van der Waals surface area contributed by atoms with Crippen LogP contribution in [0.15, 0.2) is 0 Å². The molecule has 0 bridgehead atoms. The van der Waals surface area contributed by atoms with Crippen LogP contribution in [0.4, 0.5) is 0 Å². The van der Waals surface area contributed by atoms with Gasteiger partial charge < -0.3 is 5.32 Å². The molecule has 0 aromatic carbocycles. The van der Waals surface area contributed by atoms with Crippen LogP contribution >= 0.6 is 11.8 Å². The van der Waals surface area contributed by atoms with Gasteiger partial charge in [-0.3, -0.25) is 0 Å². The maximum atomic E-state index is 3.47. The van der Waals surface area contributed by atoms with Crippen molar-refractivity contribution in [2.24, 2.45) is 5.92 Å². The molecule has 1 N–H and O–H groups in total. The summed E-state index contributed by atoms with van der Waals surface area (Å²) >= 11 is 2.10. The fourth-order valence-electron chi connectivity index (χ4n) is 1.70. The van der Waals surface area contributed by atoms with Crippen LogP contribution < -0.4 is 5.32 Å². The number of piperidine rings is 1. The van der Waals surface area contributed by atoms with Crippen LogP contribution in [-0.2, 0) is 0 Å². The zero-order valence-electron chi connectivity index (χ0n) is 9.23. The highest BCUT2D eigenvalue weighted by Crippen LogP contribution is 2.26. The van der Waals surface area contributed by atoms with Crippen LogP contribution in [0.3, 0.4) is 0 Å². The van der Waals surface area contributed by atoms with Gasteiger partial charge in [-0.15, -0.1) is 0 Å². The predicted octanol–water partition coefficient (Wildman–Crippen LogP) is 2.91. The van der Waals surface area contributed by atoms with Crippen molar-refractivity contribution in [2.45, 2.75) is 44.8 Å². The largest absolute Gasteiger partial charge is 0.316 e. The van der Waals surface area contributed by atoms with Gasteiger partial charge in [-0.25, -0.2) is 0 Å². The molecule has 1 saturated heterocycles. The summed E-state index contributed by atoms with van der Waals surface area (Å²) in [5, 5.41) is 3.47. The molecule has 1 atom stereocenters. The highest BCUT2D eigenvalue weighted by atomic mass is 32.2. The molecule has 1 rings (SSSR count). The van der Waals surface area contributed by atoms with Crippen LogP contribution in [0, 0.1) is 5.92 Å². The molecule has 1 heterocycles. The Labute approximate surface area is 87.1 Å². The van der Waals surface area contributed by atoms with Crippen molar-refractivity contribution in [3.8, 4) is 0 Å². The van der Waals surface area contributed by atoms with Crippen molar-refractivity contribution >= 4 is 11.8 Å². The summed E-state index contributed by atoms with van der Waals surface area (Å²) in [7, 11) is 0. The topological polar surface area (TPSA) is 12.0 Å². The Morgan fingerprint density at radius 3 is 2.69 bits per heavy atom. The third-order valence-electron chi connectivity index (χ3n) is 2.46. The Balaban J connectivity index is 2.04. The van der Waals surface area contributed by atoms with E-state index in [4.69, 9.17) is 0 Å². The molecule has 1 nitrogen and oxygen atoms in total. The first kappa shape index (κ1) is 11.4. The maximum Gasteiger partial charge on any atom is 0.00750 e. The van der Waals surface area contributed by atoms with Gasteiger partial charge >= 0.3 is 0 Å². The summed E-state index contributed by atoms with van der Waals surface area (Å²) < 4.78 is 0.447. The van der Waals surface area contributed by atoms with E-state index < -0.39 is 0 Å². The van der Waals surface area contributed by atoms with Crippen molar-refractivity contribution in [3.05, 3.63) is 0 Å². The van der Waals surface area contributed by atoms with Crippen molar-refractivity contribution in [3.63, 3.8) is 0 Å². The zero-order chi connectivity index (χ0) is 9.73. The lowest BCUT2D eigenvalue weighted by Crippen LogP contribution is -2.30. The lowest BCUT2D eigenvalue weighted by molar-refractivity contribution is 0.371. The maximum absolute atomic E-state index is 3.47. The summed E-state index contributed by atoms with van der Waals surface area (Å²) in [6, 6.07) is 0. The number of hydrogen-bond acceptors (Lipinski definition) is 2. The Bertz CT molecular complexity index is 134. The van der Waals surface area contributed by atoms with E-state index in [1.54, 1.807) is 0 Å². The van der Waals surface area contributed by atoms with Gasteiger partial charge in [-0.05, 0) is 44.0 Å². The minimum atomic E-state index is 0.447. The van der Waals surface area contributed by atoms with Crippen LogP contribution in [0.1, 0.15) is 40.0 Å². The second-order valence-corrected chi connectivity index (χ2v) is 6.88. The van der Waals surface area contributed by atoms with E-state index in [0.29, 0.717) is 4.75 Å². The summed E-state index contributed by atoms with van der Waals surface area (Å²) in [5.74, 6) is 2.28. The molecule has 2 heteroatoms. The summed E-state index contributed by atoms with van der Waals surface area (Å²) in [6.07, 6.45) is 4.22. The predicted molar refractivity (Wildman–Crippen MR) is 62.4 cm³/mol. The van der Waals surface area contributed by atoms with E-state index in [1.165, 1.54) is 38.1 Å². The van der Waals surface area contributed by atoms with E-state index in [1.807, 2.05) is 0 Å². The van der Waals surface area contributed by atoms with Crippen molar-refractivity contribution < 1.29 is 0 Å². The van der Waals surface area contributed by atoms with Crippen molar-refractivity contribution in [1.29, 1.82) is 0 Å². The molecule has 0 aliphatic carbocycles. The molecule has 0 radical (unpaired) electrons. The molecule has 78 valence electrons. The van der Waals surface area contributed by atoms with E-state index in [2.05, 4.69) is 37.8 Å². The van der Waals surface area contributed by atoms with Gasteiger partial charge in [0.15, 0.2) is 0 Å². The first-order chi connectivity index (χ1) is 6.08. The lowest BCUT2D eigenvalue weighted by atomic mass is 9.97. The summed E-state index contributed by atoms with van der Waals surface area (Å²) in [6.45, 7) is 9.40. The van der Waals surface area contributed by atoms with Gasteiger partial charge in [0, 0.05) is 4.75 Å². The van der Waals surface area contributed by atoms with Crippen LogP contribution in [0.25, 0.3) is 0 Å². The summed E-state index contributed by atoms with van der Waals surface area (Å²) in [5.41, 5.74) is 0.